The lowest BCUT2D eigenvalue weighted by Crippen LogP contribution is -2.40. The van der Waals surface area contributed by atoms with Crippen LogP contribution in [-0.4, -0.2) is 31.9 Å². The monoisotopic (exact) mass is 401 g/mol. The molecule has 0 amide bonds. The van der Waals surface area contributed by atoms with Crippen LogP contribution < -0.4 is 11.4 Å². The molecule has 3 fully saturated rings. The maximum absolute atomic E-state index is 12.8. The Balaban J connectivity index is 1.65. The molecule has 2 aromatic heterocycles. The molecule has 3 aliphatic rings. The molecule has 25 heavy (non-hydrogen) atoms. The lowest BCUT2D eigenvalue weighted by atomic mass is 9.70. The fourth-order valence-corrected chi connectivity index (χ4v) is 4.47. The Morgan fingerprint density at radius 2 is 2.08 bits per heavy atom. The first-order valence-electron chi connectivity index (χ1n) is 8.18. The van der Waals surface area contributed by atoms with Crippen LogP contribution in [0.5, 0.6) is 0 Å². The molecule has 2 saturated heterocycles. The minimum absolute atomic E-state index is 0.0450. The van der Waals surface area contributed by atoms with Gasteiger partial charge in [0.2, 0.25) is 5.95 Å². The Kier molecular flexibility index (Phi) is 3.11. The molecule has 7 nitrogen and oxygen atoms in total. The van der Waals surface area contributed by atoms with Crippen molar-refractivity contribution < 1.29 is 4.74 Å². The maximum Gasteiger partial charge on any atom is 0.353 e. The summed E-state index contributed by atoms with van der Waals surface area (Å²) in [6.07, 6.45) is 2.35. The zero-order valence-electron chi connectivity index (χ0n) is 13.4. The highest BCUT2D eigenvalue weighted by atomic mass is 79.9. The van der Waals surface area contributed by atoms with Gasteiger partial charge in [-0.2, -0.15) is 0 Å². The van der Waals surface area contributed by atoms with Gasteiger partial charge in [-0.1, -0.05) is 30.3 Å². The van der Waals surface area contributed by atoms with Crippen molar-refractivity contribution in [1.82, 2.24) is 19.2 Å². The number of benzene rings is 1. The van der Waals surface area contributed by atoms with E-state index in [4.69, 9.17) is 10.5 Å². The molecule has 0 unspecified atom stereocenters. The quantitative estimate of drug-likeness (QED) is 0.725. The fourth-order valence-electron chi connectivity index (χ4n) is 3.90. The first-order valence-corrected chi connectivity index (χ1v) is 8.97. The normalized spacial score (nSPS) is 24.6. The van der Waals surface area contributed by atoms with Crippen LogP contribution in [0.1, 0.15) is 12.8 Å². The average molecular weight is 402 g/mol. The fraction of sp³-hybridized carbons (Fsp3) is 0.353. The molecule has 1 aliphatic carbocycles. The van der Waals surface area contributed by atoms with Crippen molar-refractivity contribution in [3.63, 3.8) is 0 Å². The molecular weight excluding hydrogens is 386 g/mol. The van der Waals surface area contributed by atoms with Gasteiger partial charge in [-0.05, 0) is 28.8 Å². The summed E-state index contributed by atoms with van der Waals surface area (Å²) in [7, 11) is 0. The summed E-state index contributed by atoms with van der Waals surface area (Å²) < 4.78 is 9.17. The Morgan fingerprint density at radius 3 is 2.76 bits per heavy atom. The molecule has 0 spiro atoms. The van der Waals surface area contributed by atoms with E-state index in [1.165, 1.54) is 9.08 Å². The van der Waals surface area contributed by atoms with Gasteiger partial charge < -0.3 is 10.5 Å². The molecule has 2 N–H and O–H groups in total. The lowest BCUT2D eigenvalue weighted by molar-refractivity contribution is 0.103. The van der Waals surface area contributed by atoms with E-state index in [1.807, 2.05) is 30.3 Å². The molecular formula is C17H16BrN5O2. The van der Waals surface area contributed by atoms with E-state index in [0.717, 1.165) is 18.4 Å². The zero-order chi connectivity index (χ0) is 17.2. The Hall–Kier alpha value is -2.19. The highest BCUT2D eigenvalue weighted by molar-refractivity contribution is 9.10. The second kappa shape index (κ2) is 5.15. The third kappa shape index (κ3) is 2.17. The molecule has 4 heterocycles. The predicted molar refractivity (Wildman–Crippen MR) is 96.2 cm³/mol. The molecule has 6 rings (SSSR count). The number of nitrogens with two attached hydrogens (primary N) is 1. The molecule has 2 aliphatic heterocycles. The zero-order valence-corrected chi connectivity index (χ0v) is 14.9. The van der Waals surface area contributed by atoms with Crippen molar-refractivity contribution in [3.05, 3.63) is 45.3 Å². The number of fused-ring (bicyclic) bond motifs is 2. The van der Waals surface area contributed by atoms with Crippen LogP contribution in [0.2, 0.25) is 0 Å². The van der Waals surface area contributed by atoms with Gasteiger partial charge in [0.25, 0.3) is 0 Å². The number of nitrogens with zero attached hydrogens (tertiary/aromatic N) is 4. The van der Waals surface area contributed by atoms with Crippen LogP contribution in [0.15, 0.2) is 39.6 Å². The Labute approximate surface area is 151 Å². The predicted octanol–water partition coefficient (Wildman–Crippen LogP) is 2.08. The number of aromatic nitrogens is 4. The van der Waals surface area contributed by atoms with E-state index in [0.29, 0.717) is 35.1 Å². The minimum Gasteiger partial charge on any atom is -0.378 e. The van der Waals surface area contributed by atoms with Gasteiger partial charge in [0, 0.05) is 11.0 Å². The smallest absolute Gasteiger partial charge is 0.353 e. The van der Waals surface area contributed by atoms with E-state index >= 15 is 0 Å². The van der Waals surface area contributed by atoms with Crippen LogP contribution in [0.4, 0.5) is 5.95 Å². The van der Waals surface area contributed by atoms with Gasteiger partial charge in [0.15, 0.2) is 5.65 Å². The number of rotatable bonds is 3. The number of hydrogen-bond acceptors (Lipinski definition) is 5. The molecule has 8 heteroatoms. The van der Waals surface area contributed by atoms with Crippen molar-refractivity contribution in [3.8, 4) is 11.3 Å². The van der Waals surface area contributed by atoms with Gasteiger partial charge >= 0.3 is 5.69 Å². The molecule has 3 aromatic rings. The van der Waals surface area contributed by atoms with E-state index in [2.05, 4.69) is 26.0 Å². The highest BCUT2D eigenvalue weighted by Crippen LogP contribution is 2.50. The van der Waals surface area contributed by atoms with E-state index in [-0.39, 0.29) is 17.1 Å². The SMILES string of the molecule is Nc1nc(-c2ccccc2)c(Br)c2nn(CC34COC(C3)C4)c(=O)n12. The van der Waals surface area contributed by atoms with Gasteiger partial charge in [0.1, 0.15) is 0 Å². The standard InChI is InChI=1S/C17H16BrN5O2/c18-12-13(10-4-2-1-3-5-10)20-15(19)23-14(12)21-22(16(23)24)8-17-6-11(7-17)25-9-17/h1-5,11H,6-9H2,(H2,19,20). The number of hydrogen-bond donors (Lipinski definition) is 1. The molecule has 0 radical (unpaired) electrons. The molecule has 1 saturated carbocycles. The van der Waals surface area contributed by atoms with Crippen molar-refractivity contribution >= 4 is 27.5 Å². The van der Waals surface area contributed by atoms with E-state index < -0.39 is 0 Å². The lowest BCUT2D eigenvalue weighted by Gasteiger charge is -2.34. The van der Waals surface area contributed by atoms with Crippen molar-refractivity contribution in [2.75, 3.05) is 12.3 Å². The van der Waals surface area contributed by atoms with Crippen LogP contribution in [0, 0.1) is 5.41 Å². The van der Waals surface area contributed by atoms with Gasteiger partial charge in [-0.15, -0.1) is 5.10 Å². The van der Waals surface area contributed by atoms with Crippen LogP contribution in [-0.2, 0) is 11.3 Å². The number of anilines is 1. The molecule has 2 bridgehead atoms. The summed E-state index contributed by atoms with van der Waals surface area (Å²) in [6.45, 7) is 1.25. The van der Waals surface area contributed by atoms with Gasteiger partial charge in [-0.3, -0.25) is 0 Å². The van der Waals surface area contributed by atoms with Crippen LogP contribution in [0.25, 0.3) is 16.9 Å². The summed E-state index contributed by atoms with van der Waals surface area (Å²) in [5, 5.41) is 4.54. The summed E-state index contributed by atoms with van der Waals surface area (Å²) in [5.41, 5.74) is 7.94. The van der Waals surface area contributed by atoms with Crippen LogP contribution in [0.3, 0.4) is 0 Å². The molecule has 1 aromatic carbocycles. The topological polar surface area (TPSA) is 87.4 Å². The summed E-state index contributed by atoms with van der Waals surface area (Å²) in [5.74, 6) is 0.139. The van der Waals surface area contributed by atoms with E-state index in [9.17, 15) is 4.79 Å². The van der Waals surface area contributed by atoms with Gasteiger partial charge in [-0.25, -0.2) is 18.9 Å². The number of ether oxygens (including phenoxy) is 1. The second-order valence-corrected chi connectivity index (χ2v) is 7.73. The van der Waals surface area contributed by atoms with Crippen molar-refractivity contribution in [1.29, 1.82) is 0 Å². The average Bonchev–Trinajstić information content (AvgIpc) is 3.26. The summed E-state index contributed by atoms with van der Waals surface area (Å²) in [6, 6.07) is 9.69. The Morgan fingerprint density at radius 1 is 1.32 bits per heavy atom. The van der Waals surface area contributed by atoms with Crippen molar-refractivity contribution in [2.45, 2.75) is 25.5 Å². The van der Waals surface area contributed by atoms with E-state index in [1.54, 1.807) is 0 Å². The van der Waals surface area contributed by atoms with Gasteiger partial charge in [0.05, 0.1) is 29.4 Å². The summed E-state index contributed by atoms with van der Waals surface area (Å²) >= 11 is 3.56. The molecule has 128 valence electrons. The summed E-state index contributed by atoms with van der Waals surface area (Å²) in [4.78, 5) is 17.2. The second-order valence-electron chi connectivity index (χ2n) is 6.94. The number of nitrogen functional groups attached to an aromatic ring is 1. The minimum atomic E-state index is -0.259. The largest absolute Gasteiger partial charge is 0.378 e. The molecule has 0 atom stereocenters. The highest BCUT2D eigenvalue weighted by Gasteiger charge is 2.52. The first kappa shape index (κ1) is 15.1. The number of halogens is 1. The first-order chi connectivity index (χ1) is 12.1. The third-order valence-electron chi connectivity index (χ3n) is 5.18. The van der Waals surface area contributed by atoms with Crippen molar-refractivity contribution in [2.24, 2.45) is 5.41 Å². The third-order valence-corrected chi connectivity index (χ3v) is 5.91. The Bertz CT molecular complexity index is 1030. The van der Waals surface area contributed by atoms with Crippen LogP contribution >= 0.6 is 15.9 Å². The maximum atomic E-state index is 12.8.